The molecule has 0 aliphatic heterocycles. The van der Waals surface area contributed by atoms with Crippen molar-refractivity contribution in [1.29, 1.82) is 0 Å². The van der Waals surface area contributed by atoms with Gasteiger partial charge < -0.3 is 11.1 Å². The van der Waals surface area contributed by atoms with Gasteiger partial charge in [-0.3, -0.25) is 9.78 Å². The van der Waals surface area contributed by atoms with E-state index in [1.165, 1.54) is 0 Å². The van der Waals surface area contributed by atoms with Crippen molar-refractivity contribution in [2.45, 2.75) is 38.8 Å². The summed E-state index contributed by atoms with van der Waals surface area (Å²) in [5.74, 6) is -0.111. The third-order valence-electron chi connectivity index (χ3n) is 2.43. The Kier molecular flexibility index (Phi) is 4.92. The number of hydrogen-bond acceptors (Lipinski definition) is 3. The molecule has 1 aromatic rings. The maximum absolute atomic E-state index is 11.7. The summed E-state index contributed by atoms with van der Waals surface area (Å²) in [7, 11) is 0. The van der Waals surface area contributed by atoms with E-state index in [-0.39, 0.29) is 11.9 Å². The quantitative estimate of drug-likeness (QED) is 0.789. The first-order valence-electron chi connectivity index (χ1n) is 5.62. The molecule has 1 heterocycles. The van der Waals surface area contributed by atoms with Crippen molar-refractivity contribution in [1.82, 2.24) is 10.3 Å². The van der Waals surface area contributed by atoms with E-state index in [4.69, 9.17) is 5.73 Å². The van der Waals surface area contributed by atoms with Gasteiger partial charge in [0, 0.05) is 6.20 Å². The molecule has 0 fully saturated rings. The molecule has 88 valence electrons. The Labute approximate surface area is 96.3 Å². The number of rotatable bonds is 5. The van der Waals surface area contributed by atoms with Crippen LogP contribution in [0.15, 0.2) is 24.4 Å². The van der Waals surface area contributed by atoms with Gasteiger partial charge in [0.05, 0.1) is 17.8 Å². The molecule has 1 rings (SSSR count). The molecule has 2 atom stereocenters. The molecule has 0 aliphatic rings. The maximum Gasteiger partial charge on any atom is 0.237 e. The molecule has 4 nitrogen and oxygen atoms in total. The molecular weight excluding hydrogens is 202 g/mol. The Morgan fingerprint density at radius 1 is 1.56 bits per heavy atom. The van der Waals surface area contributed by atoms with Crippen molar-refractivity contribution in [3.8, 4) is 0 Å². The molecule has 0 aromatic carbocycles. The highest BCUT2D eigenvalue weighted by atomic mass is 16.2. The van der Waals surface area contributed by atoms with Crippen LogP contribution in [0.1, 0.15) is 38.4 Å². The normalized spacial score (nSPS) is 14.2. The lowest BCUT2D eigenvalue weighted by Crippen LogP contribution is -2.41. The van der Waals surface area contributed by atoms with E-state index in [0.29, 0.717) is 6.42 Å². The van der Waals surface area contributed by atoms with Crippen LogP contribution in [0.3, 0.4) is 0 Å². The van der Waals surface area contributed by atoms with Crippen molar-refractivity contribution in [2.75, 3.05) is 0 Å². The Hall–Kier alpha value is -1.42. The van der Waals surface area contributed by atoms with E-state index in [9.17, 15) is 4.79 Å². The van der Waals surface area contributed by atoms with E-state index >= 15 is 0 Å². The third-order valence-corrected chi connectivity index (χ3v) is 2.43. The average molecular weight is 221 g/mol. The van der Waals surface area contributed by atoms with Crippen molar-refractivity contribution in [3.05, 3.63) is 30.1 Å². The van der Waals surface area contributed by atoms with Crippen LogP contribution in [-0.2, 0) is 4.79 Å². The van der Waals surface area contributed by atoms with Crippen LogP contribution in [0.2, 0.25) is 0 Å². The predicted octanol–water partition coefficient (Wildman–Crippen LogP) is 1.39. The largest absolute Gasteiger partial charge is 0.347 e. The summed E-state index contributed by atoms with van der Waals surface area (Å²) in [4.78, 5) is 15.8. The molecule has 0 aliphatic carbocycles. The third kappa shape index (κ3) is 3.62. The van der Waals surface area contributed by atoms with E-state index < -0.39 is 6.04 Å². The topological polar surface area (TPSA) is 68.0 Å². The summed E-state index contributed by atoms with van der Waals surface area (Å²) in [6, 6.07) is 5.11. The number of hydrogen-bond donors (Lipinski definition) is 2. The summed E-state index contributed by atoms with van der Waals surface area (Å²) >= 11 is 0. The van der Waals surface area contributed by atoms with Crippen LogP contribution in [0, 0.1) is 0 Å². The highest BCUT2D eigenvalue weighted by molar-refractivity contribution is 5.81. The predicted molar refractivity (Wildman–Crippen MR) is 63.7 cm³/mol. The summed E-state index contributed by atoms with van der Waals surface area (Å²) < 4.78 is 0. The number of amides is 1. The number of aromatic nitrogens is 1. The Morgan fingerprint density at radius 3 is 2.88 bits per heavy atom. The smallest absolute Gasteiger partial charge is 0.237 e. The van der Waals surface area contributed by atoms with Gasteiger partial charge in [0.15, 0.2) is 0 Å². The minimum absolute atomic E-state index is 0.100. The summed E-state index contributed by atoms with van der Waals surface area (Å²) in [6.07, 6.45) is 3.33. The van der Waals surface area contributed by atoms with Crippen LogP contribution in [0.5, 0.6) is 0 Å². The van der Waals surface area contributed by atoms with Gasteiger partial charge in [-0.25, -0.2) is 0 Å². The number of nitrogens with zero attached hydrogens (tertiary/aromatic N) is 1. The van der Waals surface area contributed by atoms with E-state index in [1.807, 2.05) is 32.0 Å². The summed E-state index contributed by atoms with van der Waals surface area (Å²) in [5, 5.41) is 2.85. The zero-order valence-electron chi connectivity index (χ0n) is 9.81. The Balaban J connectivity index is 2.51. The monoisotopic (exact) mass is 221 g/mol. The van der Waals surface area contributed by atoms with Gasteiger partial charge in [-0.15, -0.1) is 0 Å². The second kappa shape index (κ2) is 6.23. The van der Waals surface area contributed by atoms with Gasteiger partial charge in [0.25, 0.3) is 0 Å². The van der Waals surface area contributed by atoms with Crippen LogP contribution in [0.25, 0.3) is 0 Å². The number of carbonyl (C=O) groups is 1. The summed E-state index contributed by atoms with van der Waals surface area (Å²) in [5.41, 5.74) is 6.57. The van der Waals surface area contributed by atoms with Gasteiger partial charge >= 0.3 is 0 Å². The fraction of sp³-hybridized carbons (Fsp3) is 0.500. The molecule has 0 saturated carbocycles. The second-order valence-electron chi connectivity index (χ2n) is 3.88. The van der Waals surface area contributed by atoms with Crippen molar-refractivity contribution in [3.63, 3.8) is 0 Å². The lowest BCUT2D eigenvalue weighted by atomic mass is 10.1. The average Bonchev–Trinajstić information content (AvgIpc) is 2.30. The van der Waals surface area contributed by atoms with Crippen molar-refractivity contribution >= 4 is 5.91 Å². The first-order valence-corrected chi connectivity index (χ1v) is 5.62. The number of nitrogens with two attached hydrogens (primary N) is 1. The highest BCUT2D eigenvalue weighted by Gasteiger charge is 2.15. The second-order valence-corrected chi connectivity index (χ2v) is 3.88. The fourth-order valence-electron chi connectivity index (χ4n) is 1.47. The molecular formula is C12H19N3O. The Bertz CT molecular complexity index is 326. The van der Waals surface area contributed by atoms with Crippen molar-refractivity contribution < 1.29 is 4.79 Å². The highest BCUT2D eigenvalue weighted by Crippen LogP contribution is 2.08. The van der Waals surface area contributed by atoms with Gasteiger partial charge in [-0.1, -0.05) is 19.4 Å². The first-order chi connectivity index (χ1) is 7.65. The van der Waals surface area contributed by atoms with Gasteiger partial charge in [0.1, 0.15) is 0 Å². The number of carbonyl (C=O) groups excluding carboxylic acids is 1. The molecule has 0 bridgehead atoms. The molecule has 3 N–H and O–H groups in total. The molecule has 16 heavy (non-hydrogen) atoms. The SMILES string of the molecule is CCC[C@H](N)C(=O)N[C@H](C)c1ccccn1. The zero-order chi connectivity index (χ0) is 12.0. The minimum atomic E-state index is -0.420. The Morgan fingerprint density at radius 2 is 2.31 bits per heavy atom. The molecule has 0 unspecified atom stereocenters. The molecule has 0 saturated heterocycles. The van der Waals surface area contributed by atoms with E-state index in [2.05, 4.69) is 10.3 Å². The fourth-order valence-corrected chi connectivity index (χ4v) is 1.47. The van der Waals surface area contributed by atoms with Gasteiger partial charge in [0.2, 0.25) is 5.91 Å². The first kappa shape index (κ1) is 12.6. The standard InChI is InChI=1S/C12H19N3O/c1-3-6-10(13)12(16)15-9(2)11-7-4-5-8-14-11/h4-5,7-10H,3,6,13H2,1-2H3,(H,15,16)/t9-,10+/m1/s1. The molecule has 4 heteroatoms. The summed E-state index contributed by atoms with van der Waals surface area (Å²) in [6.45, 7) is 3.91. The lowest BCUT2D eigenvalue weighted by Gasteiger charge is -2.16. The number of nitrogens with one attached hydrogen (secondary N) is 1. The molecule has 0 spiro atoms. The molecule has 1 amide bonds. The zero-order valence-corrected chi connectivity index (χ0v) is 9.81. The maximum atomic E-state index is 11.7. The van der Waals surface area contributed by atoms with Crippen LogP contribution >= 0.6 is 0 Å². The lowest BCUT2D eigenvalue weighted by molar-refractivity contribution is -0.123. The number of pyridine rings is 1. The van der Waals surface area contributed by atoms with Crippen LogP contribution < -0.4 is 11.1 Å². The van der Waals surface area contributed by atoms with Gasteiger partial charge in [-0.05, 0) is 25.5 Å². The minimum Gasteiger partial charge on any atom is -0.347 e. The van der Waals surface area contributed by atoms with Crippen LogP contribution in [-0.4, -0.2) is 16.9 Å². The molecule has 0 radical (unpaired) electrons. The van der Waals surface area contributed by atoms with Crippen molar-refractivity contribution in [2.24, 2.45) is 5.73 Å². The van der Waals surface area contributed by atoms with Gasteiger partial charge in [-0.2, -0.15) is 0 Å². The van der Waals surface area contributed by atoms with Crippen LogP contribution in [0.4, 0.5) is 0 Å². The van der Waals surface area contributed by atoms with E-state index in [0.717, 1.165) is 12.1 Å². The van der Waals surface area contributed by atoms with E-state index in [1.54, 1.807) is 6.20 Å². The molecule has 1 aromatic heterocycles.